The zero-order chi connectivity index (χ0) is 22.3. The maximum absolute atomic E-state index is 12.9. The SMILES string of the molecule is Cn1c(=NC(=O)C2CCCN(S(=O)(=O)c3ccc(Cl)s3)C2)sc2cc([N+](=O)[O-])ccc21. The summed E-state index contributed by atoms with van der Waals surface area (Å²) in [5, 5.41) is 11.0. The summed E-state index contributed by atoms with van der Waals surface area (Å²) in [5.41, 5.74) is 0.693. The van der Waals surface area contributed by atoms with Crippen molar-refractivity contribution < 1.29 is 18.1 Å². The van der Waals surface area contributed by atoms with Gasteiger partial charge in [-0.1, -0.05) is 22.9 Å². The Balaban J connectivity index is 1.60. The normalized spacial score (nSPS) is 18.5. The fourth-order valence-corrected chi connectivity index (χ4v) is 7.67. The van der Waals surface area contributed by atoms with Crippen molar-refractivity contribution in [2.45, 2.75) is 17.1 Å². The molecule has 3 heterocycles. The first-order chi connectivity index (χ1) is 14.7. The number of fused-ring (bicyclic) bond motifs is 1. The number of carbonyl (C=O) groups is 1. The first-order valence-corrected chi connectivity index (χ1v) is 12.7. The Morgan fingerprint density at radius 3 is 2.74 bits per heavy atom. The lowest BCUT2D eigenvalue weighted by Crippen LogP contribution is -2.42. The molecule has 0 N–H and O–H groups in total. The molecule has 164 valence electrons. The number of carbonyl (C=O) groups excluding carboxylic acids is 1. The molecular weight excluding hydrogens is 484 g/mol. The zero-order valence-electron chi connectivity index (χ0n) is 16.2. The molecule has 0 aliphatic carbocycles. The van der Waals surface area contributed by atoms with Gasteiger partial charge in [0.05, 0.1) is 25.4 Å². The molecule has 3 aromatic rings. The second-order valence-electron chi connectivity index (χ2n) is 7.06. The van der Waals surface area contributed by atoms with E-state index in [9.17, 15) is 23.3 Å². The second-order valence-corrected chi connectivity index (χ2v) is 12.0. The average molecular weight is 501 g/mol. The predicted octanol–water partition coefficient (Wildman–Crippen LogP) is 3.39. The van der Waals surface area contributed by atoms with E-state index in [1.54, 1.807) is 17.7 Å². The fraction of sp³-hybridized carbons (Fsp3) is 0.333. The number of nitrogens with zero attached hydrogens (tertiary/aromatic N) is 4. The van der Waals surface area contributed by atoms with Crippen molar-refractivity contribution in [3.05, 3.63) is 49.6 Å². The lowest BCUT2D eigenvalue weighted by Gasteiger charge is -2.29. The van der Waals surface area contributed by atoms with Crippen LogP contribution in [0.4, 0.5) is 5.69 Å². The molecule has 0 saturated carbocycles. The molecule has 1 aromatic carbocycles. The Bertz CT molecular complexity index is 1360. The van der Waals surface area contributed by atoms with E-state index in [1.807, 2.05) is 0 Å². The highest BCUT2D eigenvalue weighted by Gasteiger charge is 2.34. The molecule has 13 heteroatoms. The number of thiazole rings is 1. The molecule has 1 fully saturated rings. The van der Waals surface area contributed by atoms with Gasteiger partial charge in [0, 0.05) is 32.3 Å². The van der Waals surface area contributed by atoms with E-state index in [1.165, 1.54) is 39.9 Å². The molecule has 9 nitrogen and oxygen atoms in total. The highest BCUT2D eigenvalue weighted by Crippen LogP contribution is 2.31. The largest absolute Gasteiger partial charge is 0.319 e. The third kappa shape index (κ3) is 4.30. The van der Waals surface area contributed by atoms with Gasteiger partial charge in [0.1, 0.15) is 4.21 Å². The van der Waals surface area contributed by atoms with E-state index in [0.29, 0.717) is 33.2 Å². The minimum atomic E-state index is -3.72. The molecule has 0 spiro atoms. The van der Waals surface area contributed by atoms with Crippen molar-refractivity contribution in [2.75, 3.05) is 13.1 Å². The number of thiophene rings is 1. The molecule has 1 saturated heterocycles. The number of nitro benzene ring substituents is 1. The summed E-state index contributed by atoms with van der Waals surface area (Å²) in [6.07, 6.45) is 1.09. The molecule has 0 bridgehead atoms. The van der Waals surface area contributed by atoms with Crippen LogP contribution in [0.15, 0.2) is 39.5 Å². The highest BCUT2D eigenvalue weighted by molar-refractivity contribution is 7.91. The average Bonchev–Trinajstić information content (AvgIpc) is 3.32. The Labute approximate surface area is 190 Å². The number of halogens is 1. The number of hydrogen-bond donors (Lipinski definition) is 0. The Hall–Kier alpha value is -2.12. The number of piperidine rings is 1. The summed E-state index contributed by atoms with van der Waals surface area (Å²) >= 11 is 8.04. The van der Waals surface area contributed by atoms with Crippen LogP contribution >= 0.6 is 34.3 Å². The van der Waals surface area contributed by atoms with Crippen LogP contribution in [0.5, 0.6) is 0 Å². The predicted molar refractivity (Wildman–Crippen MR) is 119 cm³/mol. The summed E-state index contributed by atoms with van der Waals surface area (Å²) in [4.78, 5) is 28.0. The molecular formula is C18H17ClN4O5S3. The van der Waals surface area contributed by atoms with Crippen molar-refractivity contribution in [2.24, 2.45) is 18.0 Å². The van der Waals surface area contributed by atoms with Crippen LogP contribution in [-0.4, -0.2) is 41.2 Å². The smallest absolute Gasteiger partial charge is 0.270 e. The molecule has 1 unspecified atom stereocenters. The van der Waals surface area contributed by atoms with Gasteiger partial charge in [-0.2, -0.15) is 9.30 Å². The second kappa shape index (κ2) is 8.43. The zero-order valence-corrected chi connectivity index (χ0v) is 19.4. The standard InChI is InChI=1S/C18H17ClN4O5S3/c1-21-13-5-4-12(23(25)26)9-14(13)29-18(21)20-17(24)11-3-2-8-22(10-11)31(27,28)16-7-6-15(19)30-16/h4-7,9,11H,2-3,8,10H2,1H3. The van der Waals surface area contributed by atoms with Gasteiger partial charge >= 0.3 is 0 Å². The number of amides is 1. The molecule has 1 aliphatic rings. The van der Waals surface area contributed by atoms with Gasteiger partial charge in [-0.25, -0.2) is 8.42 Å². The summed E-state index contributed by atoms with van der Waals surface area (Å²) in [6.45, 7) is 0.391. The van der Waals surface area contributed by atoms with Crippen molar-refractivity contribution in [1.82, 2.24) is 8.87 Å². The van der Waals surface area contributed by atoms with E-state index >= 15 is 0 Å². The van der Waals surface area contributed by atoms with Crippen molar-refractivity contribution in [1.29, 1.82) is 0 Å². The van der Waals surface area contributed by atoms with Crippen molar-refractivity contribution >= 4 is 66.1 Å². The topological polar surface area (TPSA) is 115 Å². The number of hydrogen-bond acceptors (Lipinski definition) is 7. The van der Waals surface area contributed by atoms with Crippen LogP contribution in [0.2, 0.25) is 4.34 Å². The monoisotopic (exact) mass is 500 g/mol. The fourth-order valence-electron chi connectivity index (χ4n) is 3.45. The number of benzene rings is 1. The van der Waals surface area contributed by atoms with Gasteiger partial charge < -0.3 is 4.57 Å². The van der Waals surface area contributed by atoms with E-state index in [-0.39, 0.29) is 16.4 Å². The number of rotatable bonds is 4. The molecule has 1 atom stereocenters. The van der Waals surface area contributed by atoms with Gasteiger partial charge in [0.25, 0.3) is 21.6 Å². The van der Waals surface area contributed by atoms with Crippen LogP contribution in [0.25, 0.3) is 10.2 Å². The summed E-state index contributed by atoms with van der Waals surface area (Å²) in [7, 11) is -1.98. The van der Waals surface area contributed by atoms with Gasteiger partial charge in [0.15, 0.2) is 4.80 Å². The Morgan fingerprint density at radius 1 is 1.29 bits per heavy atom. The number of aryl methyl sites for hydroxylation is 1. The quantitative estimate of drug-likeness (QED) is 0.402. The van der Waals surface area contributed by atoms with E-state index < -0.39 is 26.8 Å². The number of aromatic nitrogens is 1. The number of non-ortho nitro benzene ring substituents is 1. The maximum atomic E-state index is 12.9. The van der Waals surface area contributed by atoms with Gasteiger partial charge in [-0.15, -0.1) is 11.3 Å². The van der Waals surface area contributed by atoms with Crippen LogP contribution in [0.1, 0.15) is 12.8 Å². The Kier molecular flexibility index (Phi) is 6.01. The third-order valence-corrected chi connectivity index (χ3v) is 9.74. The van der Waals surface area contributed by atoms with Crippen molar-refractivity contribution in [3.8, 4) is 0 Å². The van der Waals surface area contributed by atoms with Crippen LogP contribution in [-0.2, 0) is 21.9 Å². The van der Waals surface area contributed by atoms with Crippen molar-refractivity contribution in [3.63, 3.8) is 0 Å². The minimum Gasteiger partial charge on any atom is -0.319 e. The first-order valence-electron chi connectivity index (χ1n) is 9.25. The number of nitro groups is 1. The molecule has 2 aromatic heterocycles. The van der Waals surface area contributed by atoms with Crippen LogP contribution in [0, 0.1) is 16.0 Å². The molecule has 31 heavy (non-hydrogen) atoms. The lowest BCUT2D eigenvalue weighted by atomic mass is 9.99. The summed E-state index contributed by atoms with van der Waals surface area (Å²) in [6, 6.07) is 7.47. The highest BCUT2D eigenvalue weighted by atomic mass is 35.5. The maximum Gasteiger partial charge on any atom is 0.270 e. The molecule has 1 aliphatic heterocycles. The molecule has 0 radical (unpaired) electrons. The Morgan fingerprint density at radius 2 is 2.06 bits per heavy atom. The molecule has 1 amide bonds. The lowest BCUT2D eigenvalue weighted by molar-refractivity contribution is -0.384. The summed E-state index contributed by atoms with van der Waals surface area (Å²) < 4.78 is 29.9. The third-order valence-electron chi connectivity index (χ3n) is 5.09. The number of sulfonamides is 1. The van der Waals surface area contributed by atoms with E-state index in [0.717, 1.165) is 16.9 Å². The van der Waals surface area contributed by atoms with E-state index in [4.69, 9.17) is 11.6 Å². The minimum absolute atomic E-state index is 0.0333. The summed E-state index contributed by atoms with van der Waals surface area (Å²) in [5.74, 6) is -0.959. The van der Waals surface area contributed by atoms with E-state index in [2.05, 4.69) is 4.99 Å². The van der Waals surface area contributed by atoms with Gasteiger partial charge in [0.2, 0.25) is 0 Å². The van der Waals surface area contributed by atoms with Crippen LogP contribution in [0.3, 0.4) is 0 Å². The van der Waals surface area contributed by atoms with Crippen LogP contribution < -0.4 is 4.80 Å². The van der Waals surface area contributed by atoms with Gasteiger partial charge in [-0.05, 0) is 31.0 Å². The first kappa shape index (κ1) is 22.1. The molecule has 4 rings (SSSR count). The van der Waals surface area contributed by atoms with Gasteiger partial charge in [-0.3, -0.25) is 14.9 Å².